The number of rotatable bonds is 4. The Morgan fingerprint density at radius 1 is 1.47 bits per heavy atom. The van der Waals surface area contributed by atoms with Crippen molar-refractivity contribution < 1.29 is 4.74 Å². The summed E-state index contributed by atoms with van der Waals surface area (Å²) < 4.78 is 6.64. The molecule has 0 aromatic carbocycles. The Labute approximate surface area is 111 Å². The van der Waals surface area contributed by atoms with Gasteiger partial charge in [-0.1, -0.05) is 11.6 Å². The SMILES string of the molecule is Clc1cnc(C2OCCCC2CNC2CC2)s1. The maximum absolute atomic E-state index is 5.95. The van der Waals surface area contributed by atoms with Crippen LogP contribution in [0.15, 0.2) is 6.20 Å². The summed E-state index contributed by atoms with van der Waals surface area (Å²) in [4.78, 5) is 4.37. The Morgan fingerprint density at radius 3 is 3.06 bits per heavy atom. The number of hydrogen-bond acceptors (Lipinski definition) is 4. The van der Waals surface area contributed by atoms with Gasteiger partial charge < -0.3 is 10.1 Å². The first kappa shape index (κ1) is 11.9. The molecule has 0 spiro atoms. The monoisotopic (exact) mass is 272 g/mol. The van der Waals surface area contributed by atoms with Crippen molar-refractivity contribution in [3.8, 4) is 0 Å². The van der Waals surface area contributed by atoms with E-state index in [1.807, 2.05) is 0 Å². The van der Waals surface area contributed by atoms with Crippen LogP contribution in [0.1, 0.15) is 36.8 Å². The third kappa shape index (κ3) is 2.99. The largest absolute Gasteiger partial charge is 0.371 e. The maximum Gasteiger partial charge on any atom is 0.123 e. The van der Waals surface area contributed by atoms with E-state index in [4.69, 9.17) is 16.3 Å². The molecule has 1 aliphatic carbocycles. The molecule has 3 rings (SSSR count). The number of ether oxygens (including phenoxy) is 1. The quantitative estimate of drug-likeness (QED) is 0.915. The Kier molecular flexibility index (Phi) is 3.66. The van der Waals surface area contributed by atoms with Crippen LogP contribution in [-0.4, -0.2) is 24.2 Å². The Bertz CT molecular complexity index is 380. The second-order valence-electron chi connectivity index (χ2n) is 4.88. The van der Waals surface area contributed by atoms with Gasteiger partial charge in [-0.15, -0.1) is 11.3 Å². The highest BCUT2D eigenvalue weighted by atomic mass is 35.5. The summed E-state index contributed by atoms with van der Waals surface area (Å²) in [6.07, 6.45) is 6.93. The molecule has 2 heterocycles. The van der Waals surface area contributed by atoms with E-state index in [1.54, 1.807) is 17.5 Å². The van der Waals surface area contributed by atoms with Gasteiger partial charge in [-0.25, -0.2) is 4.98 Å². The number of thiazole rings is 1. The maximum atomic E-state index is 5.95. The third-order valence-electron chi connectivity index (χ3n) is 3.43. The van der Waals surface area contributed by atoms with E-state index < -0.39 is 0 Å². The first-order valence-corrected chi connectivity index (χ1v) is 7.48. The molecule has 0 radical (unpaired) electrons. The van der Waals surface area contributed by atoms with Gasteiger partial charge in [0, 0.05) is 25.1 Å². The van der Waals surface area contributed by atoms with E-state index in [1.165, 1.54) is 19.3 Å². The van der Waals surface area contributed by atoms with Crippen molar-refractivity contribution >= 4 is 22.9 Å². The van der Waals surface area contributed by atoms with Crippen molar-refractivity contribution in [1.29, 1.82) is 0 Å². The van der Waals surface area contributed by atoms with Crippen molar-refractivity contribution in [2.75, 3.05) is 13.2 Å². The third-order valence-corrected chi connectivity index (χ3v) is 4.61. The van der Waals surface area contributed by atoms with Crippen LogP contribution in [-0.2, 0) is 4.74 Å². The van der Waals surface area contributed by atoms with Crippen molar-refractivity contribution in [1.82, 2.24) is 10.3 Å². The van der Waals surface area contributed by atoms with Crippen LogP contribution in [0.3, 0.4) is 0 Å². The smallest absolute Gasteiger partial charge is 0.123 e. The molecule has 3 nitrogen and oxygen atoms in total. The van der Waals surface area contributed by atoms with Gasteiger partial charge in [0.25, 0.3) is 0 Å². The van der Waals surface area contributed by atoms with E-state index >= 15 is 0 Å². The van der Waals surface area contributed by atoms with Gasteiger partial charge >= 0.3 is 0 Å². The summed E-state index contributed by atoms with van der Waals surface area (Å²) in [5.41, 5.74) is 0. The number of nitrogens with zero attached hydrogens (tertiary/aromatic N) is 1. The molecular formula is C12H17ClN2OS. The molecule has 2 unspecified atom stereocenters. The van der Waals surface area contributed by atoms with Crippen LogP contribution in [0.25, 0.3) is 0 Å². The highest BCUT2D eigenvalue weighted by Crippen LogP contribution is 2.36. The normalized spacial score (nSPS) is 29.5. The van der Waals surface area contributed by atoms with Crippen LogP contribution in [0.4, 0.5) is 0 Å². The van der Waals surface area contributed by atoms with Crippen LogP contribution < -0.4 is 5.32 Å². The Morgan fingerprint density at radius 2 is 2.35 bits per heavy atom. The van der Waals surface area contributed by atoms with E-state index in [2.05, 4.69) is 10.3 Å². The molecule has 17 heavy (non-hydrogen) atoms. The number of halogens is 1. The highest BCUT2D eigenvalue weighted by Gasteiger charge is 2.31. The predicted octanol–water partition coefficient (Wildman–Crippen LogP) is 3.02. The molecule has 0 amide bonds. The van der Waals surface area contributed by atoms with Gasteiger partial charge in [0.1, 0.15) is 15.4 Å². The van der Waals surface area contributed by atoms with Gasteiger partial charge in [0.05, 0.1) is 6.20 Å². The molecule has 94 valence electrons. The minimum Gasteiger partial charge on any atom is -0.371 e. The summed E-state index contributed by atoms with van der Waals surface area (Å²) in [7, 11) is 0. The van der Waals surface area contributed by atoms with Crippen molar-refractivity contribution in [3.05, 3.63) is 15.5 Å². The molecule has 1 aromatic rings. The molecule has 1 aliphatic heterocycles. The molecule has 1 aromatic heterocycles. The molecule has 0 bridgehead atoms. The highest BCUT2D eigenvalue weighted by molar-refractivity contribution is 7.15. The lowest BCUT2D eigenvalue weighted by atomic mass is 9.94. The zero-order valence-corrected chi connectivity index (χ0v) is 11.3. The van der Waals surface area contributed by atoms with Gasteiger partial charge in [-0.3, -0.25) is 0 Å². The fraction of sp³-hybridized carbons (Fsp3) is 0.750. The molecule has 1 N–H and O–H groups in total. The van der Waals surface area contributed by atoms with Gasteiger partial charge in [0.2, 0.25) is 0 Å². The first-order valence-electron chi connectivity index (χ1n) is 6.29. The molecule has 2 atom stereocenters. The molecule has 1 saturated carbocycles. The van der Waals surface area contributed by atoms with E-state index in [9.17, 15) is 0 Å². The second-order valence-corrected chi connectivity index (χ2v) is 6.57. The van der Waals surface area contributed by atoms with E-state index in [-0.39, 0.29) is 6.10 Å². The Balaban J connectivity index is 1.65. The van der Waals surface area contributed by atoms with E-state index in [0.717, 1.165) is 35.0 Å². The lowest BCUT2D eigenvalue weighted by molar-refractivity contribution is -0.0279. The molecule has 5 heteroatoms. The minimum absolute atomic E-state index is 0.146. The van der Waals surface area contributed by atoms with Crippen molar-refractivity contribution in [2.45, 2.75) is 37.8 Å². The minimum atomic E-state index is 0.146. The standard InChI is InChI=1S/C12H17ClN2OS/c13-10-7-15-12(17-10)11-8(2-1-5-16-11)6-14-9-3-4-9/h7-9,11,14H,1-6H2. The molecule has 2 fully saturated rings. The molecular weight excluding hydrogens is 256 g/mol. The van der Waals surface area contributed by atoms with Crippen molar-refractivity contribution in [2.24, 2.45) is 5.92 Å². The molecule has 2 aliphatic rings. The number of nitrogens with one attached hydrogen (secondary N) is 1. The second kappa shape index (κ2) is 5.22. The Hall–Kier alpha value is -0.160. The summed E-state index contributed by atoms with van der Waals surface area (Å²) in [6.45, 7) is 1.90. The topological polar surface area (TPSA) is 34.1 Å². The summed E-state index contributed by atoms with van der Waals surface area (Å²) >= 11 is 7.50. The van der Waals surface area contributed by atoms with Gasteiger partial charge in [-0.2, -0.15) is 0 Å². The van der Waals surface area contributed by atoms with Crippen molar-refractivity contribution in [3.63, 3.8) is 0 Å². The predicted molar refractivity (Wildman–Crippen MR) is 69.6 cm³/mol. The lowest BCUT2D eigenvalue weighted by Crippen LogP contribution is -2.32. The zero-order valence-electron chi connectivity index (χ0n) is 9.69. The summed E-state index contributed by atoms with van der Waals surface area (Å²) in [6, 6.07) is 0.762. The lowest BCUT2D eigenvalue weighted by Gasteiger charge is -2.30. The van der Waals surface area contributed by atoms with E-state index in [0.29, 0.717) is 5.92 Å². The average molecular weight is 273 g/mol. The van der Waals surface area contributed by atoms with Gasteiger partial charge in [-0.05, 0) is 25.7 Å². The van der Waals surface area contributed by atoms with Crippen LogP contribution in [0.2, 0.25) is 4.34 Å². The summed E-state index contributed by atoms with van der Waals surface area (Å²) in [5, 5.41) is 4.64. The zero-order chi connectivity index (χ0) is 11.7. The first-order chi connectivity index (χ1) is 8.33. The average Bonchev–Trinajstić information content (AvgIpc) is 3.08. The number of aromatic nitrogens is 1. The fourth-order valence-corrected chi connectivity index (χ4v) is 3.40. The van der Waals surface area contributed by atoms with Crippen LogP contribution in [0, 0.1) is 5.92 Å². The molecule has 1 saturated heterocycles. The number of hydrogen-bond donors (Lipinski definition) is 1. The summed E-state index contributed by atoms with van der Waals surface area (Å²) in [5.74, 6) is 0.548. The fourth-order valence-electron chi connectivity index (χ4n) is 2.33. The van der Waals surface area contributed by atoms with Crippen LogP contribution >= 0.6 is 22.9 Å². The van der Waals surface area contributed by atoms with Crippen LogP contribution in [0.5, 0.6) is 0 Å². The van der Waals surface area contributed by atoms with Gasteiger partial charge in [0.15, 0.2) is 0 Å².